The zero-order valence-electron chi connectivity index (χ0n) is 15.1. The molecule has 26 heavy (non-hydrogen) atoms. The molecule has 3 heterocycles. The van der Waals surface area contributed by atoms with Crippen LogP contribution in [0.15, 0.2) is 42.9 Å². The highest BCUT2D eigenvalue weighted by Crippen LogP contribution is 2.39. The van der Waals surface area contributed by atoms with Gasteiger partial charge in [-0.05, 0) is 31.2 Å². The Hall–Kier alpha value is -2.63. The summed E-state index contributed by atoms with van der Waals surface area (Å²) in [5.41, 5.74) is 0.980. The van der Waals surface area contributed by atoms with E-state index in [1.165, 1.54) is 0 Å². The van der Waals surface area contributed by atoms with Gasteiger partial charge < -0.3 is 14.4 Å². The topological polar surface area (TPSA) is 58.4 Å². The van der Waals surface area contributed by atoms with Gasteiger partial charge in [0.25, 0.3) is 5.91 Å². The van der Waals surface area contributed by atoms with Crippen molar-refractivity contribution < 1.29 is 9.59 Å². The maximum Gasteiger partial charge on any atom is 0.273 e. The molecule has 1 unspecified atom stereocenters. The monoisotopic (exact) mass is 352 g/mol. The lowest BCUT2D eigenvalue weighted by molar-refractivity contribution is -0.146. The molecule has 136 valence electrons. The summed E-state index contributed by atoms with van der Waals surface area (Å²) in [6, 6.07) is 10.1. The van der Waals surface area contributed by atoms with Gasteiger partial charge in [-0.3, -0.25) is 9.59 Å². The van der Waals surface area contributed by atoms with Crippen molar-refractivity contribution in [3.05, 3.63) is 54.1 Å². The van der Waals surface area contributed by atoms with Crippen LogP contribution >= 0.6 is 0 Å². The van der Waals surface area contributed by atoms with E-state index in [9.17, 15) is 9.59 Å². The number of carbonyl (C=O) groups excluding carboxylic acids is 2. The molecule has 2 amide bonds. The summed E-state index contributed by atoms with van der Waals surface area (Å²) in [6.45, 7) is 1.99. The van der Waals surface area contributed by atoms with Gasteiger partial charge in [0, 0.05) is 26.7 Å². The molecule has 0 N–H and O–H groups in total. The Bertz CT molecular complexity index is 816. The number of rotatable bonds is 3. The first-order chi connectivity index (χ1) is 12.6. The Balaban J connectivity index is 1.60. The van der Waals surface area contributed by atoms with Gasteiger partial charge >= 0.3 is 0 Å². The van der Waals surface area contributed by atoms with Crippen molar-refractivity contribution >= 4 is 11.8 Å². The Morgan fingerprint density at radius 2 is 1.88 bits per heavy atom. The van der Waals surface area contributed by atoms with Crippen molar-refractivity contribution in [2.24, 2.45) is 7.05 Å². The molecule has 4 rings (SSSR count). The smallest absolute Gasteiger partial charge is 0.273 e. The highest BCUT2D eigenvalue weighted by Gasteiger charge is 2.53. The van der Waals surface area contributed by atoms with Gasteiger partial charge in [0.15, 0.2) is 0 Å². The predicted molar refractivity (Wildman–Crippen MR) is 97.3 cm³/mol. The van der Waals surface area contributed by atoms with E-state index in [2.05, 4.69) is 4.98 Å². The lowest BCUT2D eigenvalue weighted by Gasteiger charge is -2.44. The number of likely N-dealkylation sites (tertiary alicyclic amines) is 2. The van der Waals surface area contributed by atoms with E-state index >= 15 is 0 Å². The number of imidazole rings is 1. The van der Waals surface area contributed by atoms with E-state index in [0.29, 0.717) is 18.8 Å². The molecule has 6 nitrogen and oxygen atoms in total. The van der Waals surface area contributed by atoms with Crippen LogP contribution in [0.4, 0.5) is 0 Å². The number of benzene rings is 1. The quantitative estimate of drug-likeness (QED) is 0.851. The number of carbonyl (C=O) groups is 2. The molecule has 2 aliphatic rings. The lowest BCUT2D eigenvalue weighted by Crippen LogP contribution is -2.61. The summed E-state index contributed by atoms with van der Waals surface area (Å²) in [5.74, 6) is 0.0121. The number of aromatic nitrogens is 2. The maximum absolute atomic E-state index is 13.4. The fraction of sp³-hybridized carbons (Fsp3) is 0.450. The summed E-state index contributed by atoms with van der Waals surface area (Å²) in [6.07, 6.45) is 6.51. The molecule has 1 atom stereocenters. The van der Waals surface area contributed by atoms with Crippen LogP contribution in [0.1, 0.15) is 41.7 Å². The van der Waals surface area contributed by atoms with Crippen LogP contribution < -0.4 is 0 Å². The van der Waals surface area contributed by atoms with Gasteiger partial charge in [-0.15, -0.1) is 0 Å². The molecular weight excluding hydrogens is 328 g/mol. The van der Waals surface area contributed by atoms with E-state index in [1.54, 1.807) is 17.1 Å². The van der Waals surface area contributed by atoms with E-state index in [-0.39, 0.29) is 11.8 Å². The van der Waals surface area contributed by atoms with Crippen molar-refractivity contribution in [3.8, 4) is 0 Å². The van der Waals surface area contributed by atoms with E-state index in [1.807, 2.05) is 47.2 Å². The molecule has 2 aliphatic heterocycles. The largest absolute Gasteiger partial charge is 0.336 e. The van der Waals surface area contributed by atoms with Gasteiger partial charge in [0.05, 0.1) is 12.5 Å². The van der Waals surface area contributed by atoms with Crippen LogP contribution in [0.2, 0.25) is 0 Å². The van der Waals surface area contributed by atoms with Crippen LogP contribution in [0, 0.1) is 0 Å². The van der Waals surface area contributed by atoms with Gasteiger partial charge in [0.2, 0.25) is 5.91 Å². The second kappa shape index (κ2) is 6.59. The van der Waals surface area contributed by atoms with Crippen LogP contribution in [0.25, 0.3) is 0 Å². The Labute approximate surface area is 153 Å². The standard InChI is InChI=1S/C20H24N4O2/c1-22-15-21-13-17(22)18(25)24-12-6-10-20(24)9-5-11-23(19(20)26)14-16-7-3-2-4-8-16/h2-4,7-8,13,15H,5-6,9-12,14H2,1H3. The minimum atomic E-state index is -0.686. The number of nitrogens with zero attached hydrogens (tertiary/aromatic N) is 4. The van der Waals surface area contributed by atoms with Gasteiger partial charge in [-0.1, -0.05) is 30.3 Å². The number of amides is 2. The summed E-state index contributed by atoms with van der Waals surface area (Å²) in [7, 11) is 1.81. The molecule has 0 aliphatic carbocycles. The van der Waals surface area contributed by atoms with Crippen molar-refractivity contribution in [3.63, 3.8) is 0 Å². The average Bonchev–Trinajstić information content (AvgIpc) is 3.26. The van der Waals surface area contributed by atoms with E-state index in [4.69, 9.17) is 0 Å². The van der Waals surface area contributed by atoms with E-state index < -0.39 is 5.54 Å². The fourth-order valence-corrected chi connectivity index (χ4v) is 4.38. The van der Waals surface area contributed by atoms with Crippen LogP contribution in [0.3, 0.4) is 0 Å². The number of aryl methyl sites for hydroxylation is 1. The molecule has 0 radical (unpaired) electrons. The third-order valence-electron chi connectivity index (χ3n) is 5.69. The van der Waals surface area contributed by atoms with E-state index in [0.717, 1.165) is 37.8 Å². The van der Waals surface area contributed by atoms with Crippen LogP contribution in [0.5, 0.6) is 0 Å². The minimum Gasteiger partial charge on any atom is -0.336 e. The molecule has 2 saturated heterocycles. The number of hydrogen-bond donors (Lipinski definition) is 0. The Morgan fingerprint density at radius 3 is 2.58 bits per heavy atom. The normalized spacial score (nSPS) is 23.0. The summed E-state index contributed by atoms with van der Waals surface area (Å²) in [4.78, 5) is 34.3. The van der Waals surface area contributed by atoms with Gasteiger partial charge in [-0.25, -0.2) is 4.98 Å². The van der Waals surface area contributed by atoms with Crippen molar-refractivity contribution in [1.29, 1.82) is 0 Å². The molecular formula is C20H24N4O2. The highest BCUT2D eigenvalue weighted by atomic mass is 16.2. The van der Waals surface area contributed by atoms with Crippen molar-refractivity contribution in [2.75, 3.05) is 13.1 Å². The van der Waals surface area contributed by atoms with Crippen LogP contribution in [-0.2, 0) is 18.4 Å². The third-order valence-corrected chi connectivity index (χ3v) is 5.69. The molecule has 1 aromatic heterocycles. The molecule has 0 bridgehead atoms. The first-order valence-corrected chi connectivity index (χ1v) is 9.23. The minimum absolute atomic E-state index is 0.0857. The zero-order chi connectivity index (χ0) is 18.1. The summed E-state index contributed by atoms with van der Waals surface area (Å²) in [5, 5.41) is 0. The molecule has 1 aromatic carbocycles. The molecule has 2 fully saturated rings. The molecule has 6 heteroatoms. The van der Waals surface area contributed by atoms with Crippen molar-refractivity contribution in [2.45, 2.75) is 37.8 Å². The number of hydrogen-bond acceptors (Lipinski definition) is 3. The second-order valence-electron chi connectivity index (χ2n) is 7.30. The maximum atomic E-state index is 13.4. The predicted octanol–water partition coefficient (Wildman–Crippen LogP) is 2.22. The fourth-order valence-electron chi connectivity index (χ4n) is 4.38. The third kappa shape index (κ3) is 2.69. The van der Waals surface area contributed by atoms with Crippen molar-refractivity contribution in [1.82, 2.24) is 19.4 Å². The molecule has 0 saturated carbocycles. The first-order valence-electron chi connectivity index (χ1n) is 9.23. The second-order valence-corrected chi connectivity index (χ2v) is 7.30. The van der Waals surface area contributed by atoms with Gasteiger partial charge in [-0.2, -0.15) is 0 Å². The zero-order valence-corrected chi connectivity index (χ0v) is 15.1. The Kier molecular flexibility index (Phi) is 4.26. The molecule has 2 aromatic rings. The first kappa shape index (κ1) is 16.8. The average molecular weight is 352 g/mol. The summed E-state index contributed by atoms with van der Waals surface area (Å²) >= 11 is 0. The highest BCUT2D eigenvalue weighted by molar-refractivity contribution is 5.99. The summed E-state index contributed by atoms with van der Waals surface area (Å²) < 4.78 is 1.73. The lowest BCUT2D eigenvalue weighted by atomic mass is 9.85. The molecule has 1 spiro atoms. The van der Waals surface area contributed by atoms with Gasteiger partial charge in [0.1, 0.15) is 11.2 Å². The van der Waals surface area contributed by atoms with Crippen LogP contribution in [-0.4, -0.2) is 49.8 Å². The number of piperidine rings is 1. The Morgan fingerprint density at radius 1 is 1.15 bits per heavy atom. The SMILES string of the molecule is Cn1cncc1C(=O)N1CCCC12CCCN(Cc1ccccc1)C2=O.